The molecule has 128 valence electrons. The molecule has 0 spiro atoms. The molecule has 4 nitrogen and oxygen atoms in total. The van der Waals surface area contributed by atoms with Crippen molar-refractivity contribution in [3.8, 4) is 11.8 Å². The lowest BCUT2D eigenvalue weighted by Gasteiger charge is -2.12. The van der Waals surface area contributed by atoms with E-state index in [1.165, 1.54) is 0 Å². The first-order valence-corrected chi connectivity index (χ1v) is 8.16. The maximum absolute atomic E-state index is 12.4. The van der Waals surface area contributed by atoms with Gasteiger partial charge < -0.3 is 10.1 Å². The molecule has 2 aromatic rings. The molecule has 0 aromatic heterocycles. The van der Waals surface area contributed by atoms with E-state index in [-0.39, 0.29) is 11.7 Å². The van der Waals surface area contributed by atoms with Crippen molar-refractivity contribution in [1.29, 1.82) is 5.26 Å². The van der Waals surface area contributed by atoms with Crippen LogP contribution in [0.4, 0.5) is 5.69 Å². The van der Waals surface area contributed by atoms with E-state index in [9.17, 15) is 10.1 Å². The molecule has 0 aliphatic rings. The fourth-order valence-electron chi connectivity index (χ4n) is 2.28. The van der Waals surface area contributed by atoms with Crippen LogP contribution >= 0.6 is 0 Å². The molecular weight excluding hydrogens is 312 g/mol. The molecule has 4 heteroatoms. The van der Waals surface area contributed by atoms with Crippen LogP contribution in [0.2, 0.25) is 0 Å². The normalized spacial score (nSPS) is 11.1. The van der Waals surface area contributed by atoms with E-state index in [4.69, 9.17) is 4.74 Å². The SMILES string of the molecule is Cc1ccc(NC(=O)/C(C#N)=C/c2ccccc2OC(C)C)cc1C. The summed E-state index contributed by atoms with van der Waals surface area (Å²) in [7, 11) is 0. The third-order valence-electron chi connectivity index (χ3n) is 3.71. The van der Waals surface area contributed by atoms with E-state index in [0.29, 0.717) is 17.0 Å². The van der Waals surface area contributed by atoms with Crippen LogP contribution in [0.25, 0.3) is 6.08 Å². The molecule has 0 radical (unpaired) electrons. The summed E-state index contributed by atoms with van der Waals surface area (Å²) >= 11 is 0. The average Bonchev–Trinajstić information content (AvgIpc) is 2.56. The fourth-order valence-corrected chi connectivity index (χ4v) is 2.28. The summed E-state index contributed by atoms with van der Waals surface area (Å²) in [6, 6.07) is 15.0. The summed E-state index contributed by atoms with van der Waals surface area (Å²) in [4.78, 5) is 12.4. The van der Waals surface area contributed by atoms with E-state index in [1.807, 2.05) is 76.2 Å². The van der Waals surface area contributed by atoms with Crippen LogP contribution in [0.1, 0.15) is 30.5 Å². The zero-order chi connectivity index (χ0) is 18.4. The van der Waals surface area contributed by atoms with Gasteiger partial charge in [-0.3, -0.25) is 4.79 Å². The Hall–Kier alpha value is -3.06. The van der Waals surface area contributed by atoms with Crippen LogP contribution in [0.5, 0.6) is 5.75 Å². The van der Waals surface area contributed by atoms with Crippen molar-refractivity contribution in [2.24, 2.45) is 0 Å². The molecule has 1 amide bonds. The van der Waals surface area contributed by atoms with Gasteiger partial charge >= 0.3 is 0 Å². The van der Waals surface area contributed by atoms with Crippen LogP contribution in [0.3, 0.4) is 0 Å². The first-order valence-electron chi connectivity index (χ1n) is 8.16. The minimum Gasteiger partial charge on any atom is -0.490 e. The monoisotopic (exact) mass is 334 g/mol. The Bertz CT molecular complexity index is 845. The number of nitrogens with one attached hydrogen (secondary N) is 1. The molecule has 0 heterocycles. The van der Waals surface area contributed by atoms with Gasteiger partial charge in [-0.2, -0.15) is 5.26 Å². The average molecular weight is 334 g/mol. The number of carbonyl (C=O) groups is 1. The van der Waals surface area contributed by atoms with Gasteiger partial charge in [0, 0.05) is 11.3 Å². The summed E-state index contributed by atoms with van der Waals surface area (Å²) in [5, 5.41) is 12.2. The third-order valence-corrected chi connectivity index (χ3v) is 3.71. The molecule has 0 aliphatic carbocycles. The van der Waals surface area contributed by atoms with Gasteiger partial charge in [0.05, 0.1) is 6.10 Å². The number of para-hydroxylation sites is 1. The van der Waals surface area contributed by atoms with Crippen LogP contribution in [-0.2, 0) is 4.79 Å². The number of rotatable bonds is 5. The highest BCUT2D eigenvalue weighted by Gasteiger charge is 2.12. The van der Waals surface area contributed by atoms with E-state index in [0.717, 1.165) is 11.1 Å². The first kappa shape index (κ1) is 18.3. The number of amides is 1. The topological polar surface area (TPSA) is 62.1 Å². The maximum Gasteiger partial charge on any atom is 0.266 e. The summed E-state index contributed by atoms with van der Waals surface area (Å²) in [6.07, 6.45) is 1.55. The van der Waals surface area contributed by atoms with E-state index < -0.39 is 5.91 Å². The second-order valence-electron chi connectivity index (χ2n) is 6.13. The lowest BCUT2D eigenvalue weighted by atomic mass is 10.1. The van der Waals surface area contributed by atoms with Crippen LogP contribution < -0.4 is 10.1 Å². The number of anilines is 1. The number of carbonyl (C=O) groups excluding carboxylic acids is 1. The van der Waals surface area contributed by atoms with Crippen LogP contribution in [0, 0.1) is 25.2 Å². The number of nitrogens with zero attached hydrogens (tertiary/aromatic N) is 1. The molecule has 0 unspecified atom stereocenters. The quantitative estimate of drug-likeness (QED) is 0.640. The van der Waals surface area contributed by atoms with Gasteiger partial charge in [0.25, 0.3) is 5.91 Å². The largest absolute Gasteiger partial charge is 0.490 e. The van der Waals surface area contributed by atoms with E-state index >= 15 is 0 Å². The molecule has 25 heavy (non-hydrogen) atoms. The molecule has 2 rings (SSSR count). The zero-order valence-electron chi connectivity index (χ0n) is 15.0. The molecule has 1 N–H and O–H groups in total. The highest BCUT2D eigenvalue weighted by Crippen LogP contribution is 2.23. The summed E-state index contributed by atoms with van der Waals surface area (Å²) < 4.78 is 5.73. The molecule has 2 aromatic carbocycles. The van der Waals surface area contributed by atoms with Gasteiger partial charge in [-0.05, 0) is 63.1 Å². The van der Waals surface area contributed by atoms with Crippen molar-refractivity contribution in [2.45, 2.75) is 33.8 Å². The maximum atomic E-state index is 12.4. The highest BCUT2D eigenvalue weighted by molar-refractivity contribution is 6.09. The second kappa shape index (κ2) is 8.16. The molecule has 0 saturated carbocycles. The summed E-state index contributed by atoms with van der Waals surface area (Å²) in [5.74, 6) is 0.203. The summed E-state index contributed by atoms with van der Waals surface area (Å²) in [6.45, 7) is 7.84. The Labute approximate surface area is 148 Å². The minimum atomic E-state index is -0.440. The van der Waals surface area contributed by atoms with Gasteiger partial charge in [0.1, 0.15) is 17.4 Å². The van der Waals surface area contributed by atoms with Gasteiger partial charge in [0.15, 0.2) is 0 Å². The predicted molar refractivity (Wildman–Crippen MR) is 100 cm³/mol. The van der Waals surface area contributed by atoms with Gasteiger partial charge in [0.2, 0.25) is 0 Å². The molecule has 0 saturated heterocycles. The van der Waals surface area contributed by atoms with Crippen LogP contribution in [0.15, 0.2) is 48.0 Å². The number of benzene rings is 2. The number of aryl methyl sites for hydroxylation is 2. The van der Waals surface area contributed by atoms with Gasteiger partial charge in [-0.25, -0.2) is 0 Å². The second-order valence-corrected chi connectivity index (χ2v) is 6.13. The number of nitriles is 1. The van der Waals surface area contributed by atoms with Crippen molar-refractivity contribution in [3.05, 3.63) is 64.7 Å². The Morgan fingerprint density at radius 1 is 1.16 bits per heavy atom. The van der Waals surface area contributed by atoms with Gasteiger partial charge in [-0.1, -0.05) is 24.3 Å². The van der Waals surface area contributed by atoms with Crippen molar-refractivity contribution in [2.75, 3.05) is 5.32 Å². The lowest BCUT2D eigenvalue weighted by Crippen LogP contribution is -2.14. The molecule has 0 bridgehead atoms. The Kier molecular flexibility index (Phi) is 5.97. The Balaban J connectivity index is 2.27. The Morgan fingerprint density at radius 2 is 1.88 bits per heavy atom. The number of ether oxygens (including phenoxy) is 1. The lowest BCUT2D eigenvalue weighted by molar-refractivity contribution is -0.112. The Morgan fingerprint density at radius 3 is 2.52 bits per heavy atom. The summed E-state index contributed by atoms with van der Waals surface area (Å²) in [5.41, 5.74) is 3.62. The van der Waals surface area contributed by atoms with Crippen molar-refractivity contribution in [3.63, 3.8) is 0 Å². The predicted octanol–water partition coefficient (Wildman–Crippen LogP) is 4.64. The molecule has 0 fully saturated rings. The van der Waals surface area contributed by atoms with Gasteiger partial charge in [-0.15, -0.1) is 0 Å². The molecule has 0 atom stereocenters. The standard InChI is InChI=1S/C21H22N2O2/c1-14(2)25-20-8-6-5-7-17(20)12-18(13-22)21(24)23-19-10-9-15(3)16(4)11-19/h5-12,14H,1-4H3,(H,23,24)/b18-12+. The first-order chi connectivity index (χ1) is 11.9. The number of hydrogen-bond donors (Lipinski definition) is 1. The smallest absolute Gasteiger partial charge is 0.266 e. The van der Waals surface area contributed by atoms with E-state index in [1.54, 1.807) is 6.08 Å². The van der Waals surface area contributed by atoms with Crippen molar-refractivity contribution < 1.29 is 9.53 Å². The highest BCUT2D eigenvalue weighted by atomic mass is 16.5. The van der Waals surface area contributed by atoms with Crippen molar-refractivity contribution >= 4 is 17.7 Å². The third kappa shape index (κ3) is 4.95. The fraction of sp³-hybridized carbons (Fsp3) is 0.238. The zero-order valence-corrected chi connectivity index (χ0v) is 15.0. The number of hydrogen-bond acceptors (Lipinski definition) is 3. The molecule has 0 aliphatic heterocycles. The van der Waals surface area contributed by atoms with Crippen molar-refractivity contribution in [1.82, 2.24) is 0 Å². The molecular formula is C21H22N2O2. The van der Waals surface area contributed by atoms with Crippen LogP contribution in [-0.4, -0.2) is 12.0 Å². The minimum absolute atomic E-state index is 0.00412. The van der Waals surface area contributed by atoms with E-state index in [2.05, 4.69) is 5.32 Å².